The number of nitrogens with one attached hydrogen (secondary N) is 2. The van der Waals surface area contributed by atoms with E-state index in [2.05, 4.69) is 16.9 Å². The molecule has 2 aliphatic heterocycles. The van der Waals surface area contributed by atoms with Gasteiger partial charge in [0.2, 0.25) is 17.6 Å². The maximum Gasteiger partial charge on any atom is 0.524 e. The van der Waals surface area contributed by atoms with Crippen LogP contribution in [0.3, 0.4) is 0 Å². The highest BCUT2D eigenvalue weighted by Gasteiger charge is 2.76. The highest BCUT2D eigenvalue weighted by Crippen LogP contribution is 2.75. The molecule has 2 amide bonds. The number of hydrogen-bond donors (Lipinski definition) is 4. The molecule has 3 saturated carbocycles. The number of likely N-dealkylation sites (tertiary alicyclic amines) is 1. The zero-order valence-electron chi connectivity index (χ0n) is 24.5. The van der Waals surface area contributed by atoms with Gasteiger partial charge in [-0.25, -0.2) is 4.57 Å². The van der Waals surface area contributed by atoms with Crippen molar-refractivity contribution < 1.29 is 33.3 Å². The first kappa shape index (κ1) is 28.1. The fourth-order valence-electron chi connectivity index (χ4n) is 9.05. The van der Waals surface area contributed by atoms with Gasteiger partial charge in [0.15, 0.2) is 5.75 Å². The molecule has 4 fully saturated rings. The number of halogens is 1. The predicted molar refractivity (Wildman–Crippen MR) is 162 cm³/mol. The number of allylic oxidation sites excluding steroid dienone is 2. The number of amides is 2. The third kappa shape index (κ3) is 3.47. The van der Waals surface area contributed by atoms with E-state index in [9.17, 15) is 28.7 Å². The number of carbonyl (C=O) groups excluding carboxylic acids is 3. The number of nitrogens with zero attached hydrogens (tertiary/aromatic N) is 2. The second kappa shape index (κ2) is 8.66. The molecule has 1 aromatic carbocycles. The molecule has 4 heterocycles. The standard InChI is InChI=1S/C31H32ClN4O7P/c1-15-9-34-26-20(43-44(40,41)42)6-18-23(22(15)26)17(8-32)11-36(18)28(39)31-12-30(13-31,14-31)27(38)35-5-4-29(3)21(35)7-19(37)25-24(29)16(2)10-33-25/h6-7,9-10,17,33-34H,4-5,8,11-14H2,1-3H3,(H2,40,41,42)/t17-,29?,30?,31?/m1/s1. The van der Waals surface area contributed by atoms with Gasteiger partial charge in [-0.3, -0.25) is 24.2 Å². The molecule has 4 aliphatic carbocycles. The van der Waals surface area contributed by atoms with Crippen molar-refractivity contribution in [1.82, 2.24) is 14.9 Å². The van der Waals surface area contributed by atoms with Gasteiger partial charge in [0, 0.05) is 65.9 Å². The van der Waals surface area contributed by atoms with Crippen LogP contribution in [0.5, 0.6) is 5.75 Å². The number of hydrogen-bond acceptors (Lipinski definition) is 5. The van der Waals surface area contributed by atoms with Crippen molar-refractivity contribution in [3.63, 3.8) is 0 Å². The lowest BCUT2D eigenvalue weighted by atomic mass is 9.34. The summed E-state index contributed by atoms with van der Waals surface area (Å²) >= 11 is 6.41. The number of alkyl halides is 1. The fourth-order valence-corrected chi connectivity index (χ4v) is 9.70. The van der Waals surface area contributed by atoms with Gasteiger partial charge in [-0.05, 0) is 68.7 Å². The molecule has 1 saturated heterocycles. The van der Waals surface area contributed by atoms with Crippen LogP contribution < -0.4 is 9.42 Å². The first-order chi connectivity index (χ1) is 20.7. The number of ketones is 1. The number of benzene rings is 1. The average Bonchev–Trinajstić information content (AvgIpc) is 3.66. The minimum Gasteiger partial charge on any atom is -0.402 e. The lowest BCUT2D eigenvalue weighted by molar-refractivity contribution is -0.212. The predicted octanol–water partition coefficient (Wildman–Crippen LogP) is 4.69. The van der Waals surface area contributed by atoms with Crippen molar-refractivity contribution in [2.24, 2.45) is 10.8 Å². The van der Waals surface area contributed by atoms with E-state index in [4.69, 9.17) is 16.1 Å². The molecule has 2 bridgehead atoms. The van der Waals surface area contributed by atoms with Gasteiger partial charge >= 0.3 is 7.82 Å². The molecule has 2 atom stereocenters. The van der Waals surface area contributed by atoms with E-state index < -0.39 is 24.1 Å². The molecular formula is C31H32ClN4O7P. The van der Waals surface area contributed by atoms with Crippen LogP contribution in [-0.4, -0.2) is 61.2 Å². The Balaban J connectivity index is 1.07. The van der Waals surface area contributed by atoms with Gasteiger partial charge in [0.05, 0.1) is 27.7 Å². The third-order valence-corrected chi connectivity index (χ3v) is 11.7. The lowest BCUT2D eigenvalue weighted by Gasteiger charge is -2.69. The van der Waals surface area contributed by atoms with Crippen LogP contribution in [0.25, 0.3) is 10.9 Å². The largest absolute Gasteiger partial charge is 0.524 e. The highest BCUT2D eigenvalue weighted by molar-refractivity contribution is 7.46. The summed E-state index contributed by atoms with van der Waals surface area (Å²) in [5.74, 6) is -0.213. The van der Waals surface area contributed by atoms with E-state index in [1.165, 1.54) is 6.07 Å². The van der Waals surface area contributed by atoms with Gasteiger partial charge in [0.25, 0.3) is 0 Å². The average molecular weight is 639 g/mol. The third-order valence-electron chi connectivity index (χ3n) is 10.9. The van der Waals surface area contributed by atoms with E-state index in [0.717, 1.165) is 39.8 Å². The molecule has 0 radical (unpaired) electrons. The molecule has 230 valence electrons. The number of phosphoric ester groups is 1. The summed E-state index contributed by atoms with van der Waals surface area (Å²) in [5, 5.41) is 0.740. The summed E-state index contributed by atoms with van der Waals surface area (Å²) in [6.07, 6.45) is 7.19. The van der Waals surface area contributed by atoms with Gasteiger partial charge in [0.1, 0.15) is 0 Å². The summed E-state index contributed by atoms with van der Waals surface area (Å²) in [4.78, 5) is 70.0. The summed E-state index contributed by atoms with van der Waals surface area (Å²) in [6, 6.07) is 1.51. The van der Waals surface area contributed by atoms with Crippen LogP contribution in [0, 0.1) is 24.7 Å². The normalized spacial score (nSPS) is 30.0. The summed E-state index contributed by atoms with van der Waals surface area (Å²) < 4.78 is 16.9. The lowest BCUT2D eigenvalue weighted by Crippen LogP contribution is -2.72. The van der Waals surface area contributed by atoms with Gasteiger partial charge in [-0.2, -0.15) is 0 Å². The molecule has 1 unspecified atom stereocenters. The highest BCUT2D eigenvalue weighted by atomic mass is 35.5. The second-order valence-corrected chi connectivity index (χ2v) is 15.1. The number of H-pyrrole nitrogens is 2. The van der Waals surface area contributed by atoms with Crippen molar-refractivity contribution in [2.75, 3.05) is 23.9 Å². The molecule has 11 nitrogen and oxygen atoms in total. The molecule has 3 aromatic rings. The minimum absolute atomic E-state index is 0.0194. The Morgan fingerprint density at radius 3 is 2.41 bits per heavy atom. The van der Waals surface area contributed by atoms with Crippen LogP contribution in [0.1, 0.15) is 71.3 Å². The van der Waals surface area contributed by atoms with Crippen molar-refractivity contribution in [3.8, 4) is 5.75 Å². The Bertz CT molecular complexity index is 1920. The van der Waals surface area contributed by atoms with Gasteiger partial charge in [-0.15, -0.1) is 11.6 Å². The number of carbonyl (C=O) groups is 3. The number of aryl methyl sites for hydroxylation is 2. The molecule has 6 aliphatic rings. The number of aromatic amines is 2. The van der Waals surface area contributed by atoms with Crippen molar-refractivity contribution in [3.05, 3.63) is 58.2 Å². The van der Waals surface area contributed by atoms with E-state index >= 15 is 0 Å². The topological polar surface area (TPSA) is 156 Å². The quantitative estimate of drug-likeness (QED) is 0.233. The molecular weight excluding hydrogens is 607 g/mol. The van der Waals surface area contributed by atoms with Crippen LogP contribution in [-0.2, 0) is 19.6 Å². The Morgan fingerprint density at radius 2 is 1.75 bits per heavy atom. The zero-order valence-corrected chi connectivity index (χ0v) is 26.1. The Kier molecular flexibility index (Phi) is 5.54. The zero-order chi connectivity index (χ0) is 31.1. The van der Waals surface area contributed by atoms with Crippen molar-refractivity contribution in [1.29, 1.82) is 0 Å². The van der Waals surface area contributed by atoms with Crippen molar-refractivity contribution in [2.45, 2.75) is 57.8 Å². The van der Waals surface area contributed by atoms with Crippen molar-refractivity contribution >= 4 is 53.6 Å². The maximum absolute atomic E-state index is 14.2. The van der Waals surface area contributed by atoms with E-state index in [1.807, 2.05) is 20.0 Å². The summed E-state index contributed by atoms with van der Waals surface area (Å²) in [5.41, 5.74) is 4.24. The molecule has 2 aromatic heterocycles. The molecule has 4 N–H and O–H groups in total. The number of fused-ring (bicyclic) bond motifs is 6. The smallest absolute Gasteiger partial charge is 0.402 e. The van der Waals surface area contributed by atoms with Crippen LogP contribution in [0.2, 0.25) is 0 Å². The van der Waals surface area contributed by atoms with Crippen LogP contribution >= 0.6 is 19.4 Å². The summed E-state index contributed by atoms with van der Waals surface area (Å²) in [6.45, 7) is 6.80. The molecule has 13 heteroatoms. The first-order valence-corrected chi connectivity index (χ1v) is 16.8. The van der Waals surface area contributed by atoms with E-state index in [0.29, 0.717) is 49.2 Å². The number of anilines is 1. The van der Waals surface area contributed by atoms with Gasteiger partial charge in [-0.1, -0.05) is 0 Å². The minimum atomic E-state index is -4.88. The molecule has 9 rings (SSSR count). The Hall–Kier alpha value is -3.37. The van der Waals surface area contributed by atoms with Crippen LogP contribution in [0.15, 0.2) is 30.2 Å². The number of aromatic nitrogens is 2. The van der Waals surface area contributed by atoms with Crippen LogP contribution in [0.4, 0.5) is 5.69 Å². The second-order valence-electron chi connectivity index (χ2n) is 13.6. The van der Waals surface area contributed by atoms with E-state index in [1.54, 1.807) is 22.1 Å². The molecule has 44 heavy (non-hydrogen) atoms. The molecule has 0 spiro atoms. The summed E-state index contributed by atoms with van der Waals surface area (Å²) in [7, 11) is -4.88. The van der Waals surface area contributed by atoms with Gasteiger partial charge < -0.3 is 24.3 Å². The Morgan fingerprint density at radius 1 is 1.09 bits per heavy atom. The SMILES string of the molecule is Cc1c[nH]c2c1C1(C)CCN(C(=O)C34CC(C(=O)N5C[C@@H](CCl)c6c5cc(OP(=O)(O)O)c5[nH]cc(C)c65)(C3)C4)C1=CC2=O. The monoisotopic (exact) mass is 638 g/mol. The maximum atomic E-state index is 14.2. The van der Waals surface area contributed by atoms with E-state index in [-0.39, 0.29) is 35.1 Å². The number of rotatable bonds is 5. The fraction of sp³-hybridized carbons (Fsp3) is 0.452. The first-order valence-electron chi connectivity index (χ1n) is 14.8. The Labute approximate surface area is 257 Å². The number of phosphoric acid groups is 1.